The molecule has 138 valence electrons. The number of rotatable bonds is 5. The molecule has 0 aliphatic carbocycles. The summed E-state index contributed by atoms with van der Waals surface area (Å²) in [6.07, 6.45) is 7.59. The minimum absolute atomic E-state index is 0.178. The van der Waals surface area contributed by atoms with Crippen LogP contribution in [0.15, 0.2) is 67.1 Å². The molecule has 0 radical (unpaired) electrons. The fourth-order valence-electron chi connectivity index (χ4n) is 3.49. The van der Waals surface area contributed by atoms with Crippen molar-refractivity contribution in [2.75, 3.05) is 13.1 Å². The molecule has 0 saturated carbocycles. The Morgan fingerprint density at radius 3 is 2.63 bits per heavy atom. The van der Waals surface area contributed by atoms with Crippen LogP contribution >= 0.6 is 0 Å². The molecule has 3 heterocycles. The van der Waals surface area contributed by atoms with E-state index in [-0.39, 0.29) is 11.9 Å². The zero-order chi connectivity index (χ0) is 18.5. The smallest absolute Gasteiger partial charge is 0.272 e. The highest BCUT2D eigenvalue weighted by Gasteiger charge is 2.21. The average molecular weight is 361 g/mol. The Labute approximate surface area is 158 Å². The molecule has 1 fully saturated rings. The molecule has 0 spiro atoms. The number of aromatic nitrogens is 3. The van der Waals surface area contributed by atoms with Crippen molar-refractivity contribution in [1.82, 2.24) is 25.4 Å². The second-order valence-electron chi connectivity index (χ2n) is 6.78. The van der Waals surface area contributed by atoms with Gasteiger partial charge in [-0.1, -0.05) is 30.3 Å². The molecule has 6 heteroatoms. The number of nitrogens with one attached hydrogen (secondary N) is 2. The van der Waals surface area contributed by atoms with Crippen LogP contribution in [0.1, 0.15) is 46.5 Å². The van der Waals surface area contributed by atoms with Gasteiger partial charge in [0.15, 0.2) is 0 Å². The van der Waals surface area contributed by atoms with Crippen molar-refractivity contribution in [3.05, 3.63) is 83.9 Å². The van der Waals surface area contributed by atoms with Gasteiger partial charge in [0, 0.05) is 25.1 Å². The summed E-state index contributed by atoms with van der Waals surface area (Å²) < 4.78 is 1.91. The van der Waals surface area contributed by atoms with Gasteiger partial charge >= 0.3 is 0 Å². The summed E-state index contributed by atoms with van der Waals surface area (Å²) in [6, 6.07) is 15.6. The van der Waals surface area contributed by atoms with Gasteiger partial charge in [0.2, 0.25) is 0 Å². The van der Waals surface area contributed by atoms with Crippen molar-refractivity contribution in [2.45, 2.75) is 24.9 Å². The Kier molecular flexibility index (Phi) is 5.25. The molecule has 1 saturated heterocycles. The minimum atomic E-state index is -0.247. The molecule has 2 aromatic heterocycles. The zero-order valence-electron chi connectivity index (χ0n) is 15.1. The first kappa shape index (κ1) is 17.4. The summed E-state index contributed by atoms with van der Waals surface area (Å²) >= 11 is 0. The molecule has 4 rings (SSSR count). The summed E-state index contributed by atoms with van der Waals surface area (Å²) in [5.74, 6) is -0.178. The predicted octanol–water partition coefficient (Wildman–Crippen LogP) is 2.72. The standard InChI is InChI=1S/C21H23N5O/c27-21(19-10-14-26(25-19)18-7-4-11-23-15-18)24-20(16-5-2-1-3-6-16)17-8-12-22-13-9-17/h1-3,5-6,8-10,12-14,18,20,23H,4,7,11,15H2,(H,24,27). The van der Waals surface area contributed by atoms with Crippen LogP contribution in [0.25, 0.3) is 0 Å². The maximum Gasteiger partial charge on any atom is 0.272 e. The van der Waals surface area contributed by atoms with Gasteiger partial charge in [-0.3, -0.25) is 14.5 Å². The molecule has 3 aromatic rings. The van der Waals surface area contributed by atoms with Gasteiger partial charge in [-0.15, -0.1) is 0 Å². The number of benzene rings is 1. The number of pyridine rings is 1. The van der Waals surface area contributed by atoms with E-state index in [1.807, 2.05) is 53.3 Å². The molecular weight excluding hydrogens is 338 g/mol. The maximum atomic E-state index is 12.9. The Balaban J connectivity index is 1.54. The van der Waals surface area contributed by atoms with Crippen LogP contribution in [-0.4, -0.2) is 33.8 Å². The van der Waals surface area contributed by atoms with E-state index in [0.717, 1.165) is 37.1 Å². The third-order valence-electron chi connectivity index (χ3n) is 4.93. The van der Waals surface area contributed by atoms with Crippen molar-refractivity contribution < 1.29 is 4.79 Å². The Hall–Kier alpha value is -2.99. The van der Waals surface area contributed by atoms with Crippen LogP contribution in [0.3, 0.4) is 0 Å². The highest BCUT2D eigenvalue weighted by molar-refractivity contribution is 5.92. The molecule has 1 amide bonds. The van der Waals surface area contributed by atoms with Crippen molar-refractivity contribution >= 4 is 5.91 Å². The minimum Gasteiger partial charge on any atom is -0.340 e. The third-order valence-corrected chi connectivity index (χ3v) is 4.93. The van der Waals surface area contributed by atoms with Gasteiger partial charge < -0.3 is 10.6 Å². The number of piperidine rings is 1. The lowest BCUT2D eigenvalue weighted by Gasteiger charge is -2.23. The fraction of sp³-hybridized carbons (Fsp3) is 0.286. The Morgan fingerprint density at radius 1 is 1.11 bits per heavy atom. The molecular formula is C21H23N5O. The topological polar surface area (TPSA) is 71.8 Å². The highest BCUT2D eigenvalue weighted by Crippen LogP contribution is 2.22. The first-order valence-corrected chi connectivity index (χ1v) is 9.33. The van der Waals surface area contributed by atoms with Crippen molar-refractivity contribution in [3.63, 3.8) is 0 Å². The van der Waals surface area contributed by atoms with Gasteiger partial charge in [-0.05, 0) is 48.7 Å². The van der Waals surface area contributed by atoms with Gasteiger partial charge in [0.05, 0.1) is 12.1 Å². The summed E-state index contributed by atoms with van der Waals surface area (Å²) in [4.78, 5) is 17.0. The lowest BCUT2D eigenvalue weighted by molar-refractivity contribution is 0.0936. The molecule has 1 aromatic carbocycles. The molecule has 0 bridgehead atoms. The highest BCUT2D eigenvalue weighted by atomic mass is 16.2. The SMILES string of the molecule is O=C(NC(c1ccccc1)c1ccncc1)c1ccn(C2CCCNC2)n1. The Morgan fingerprint density at radius 2 is 1.89 bits per heavy atom. The number of carbonyl (C=O) groups is 1. The fourth-order valence-corrected chi connectivity index (χ4v) is 3.49. The van der Waals surface area contributed by atoms with Crippen LogP contribution in [-0.2, 0) is 0 Å². The van der Waals surface area contributed by atoms with Crippen molar-refractivity contribution in [1.29, 1.82) is 0 Å². The van der Waals surface area contributed by atoms with Crippen molar-refractivity contribution in [3.8, 4) is 0 Å². The summed E-state index contributed by atoms with van der Waals surface area (Å²) in [5, 5.41) is 11.0. The summed E-state index contributed by atoms with van der Waals surface area (Å²) in [7, 11) is 0. The normalized spacial score (nSPS) is 18.0. The lowest BCUT2D eigenvalue weighted by Crippen LogP contribution is -2.32. The third kappa shape index (κ3) is 4.06. The van der Waals surface area contributed by atoms with E-state index in [4.69, 9.17) is 0 Å². The molecule has 27 heavy (non-hydrogen) atoms. The second-order valence-corrected chi connectivity index (χ2v) is 6.78. The first-order valence-electron chi connectivity index (χ1n) is 9.33. The monoisotopic (exact) mass is 361 g/mol. The van der Waals surface area contributed by atoms with E-state index in [0.29, 0.717) is 11.7 Å². The largest absolute Gasteiger partial charge is 0.340 e. The van der Waals surface area contributed by atoms with E-state index in [1.54, 1.807) is 18.5 Å². The quantitative estimate of drug-likeness (QED) is 0.733. The van der Waals surface area contributed by atoms with E-state index >= 15 is 0 Å². The average Bonchev–Trinajstić information content (AvgIpc) is 3.24. The molecule has 6 nitrogen and oxygen atoms in total. The van der Waals surface area contributed by atoms with Crippen molar-refractivity contribution in [2.24, 2.45) is 0 Å². The predicted molar refractivity (Wildman–Crippen MR) is 103 cm³/mol. The summed E-state index contributed by atoms with van der Waals surface area (Å²) in [5.41, 5.74) is 2.45. The van der Waals surface area contributed by atoms with Crippen LogP contribution < -0.4 is 10.6 Å². The summed E-state index contributed by atoms with van der Waals surface area (Å²) in [6.45, 7) is 1.95. The van der Waals surface area contributed by atoms with Gasteiger partial charge in [-0.25, -0.2) is 0 Å². The van der Waals surface area contributed by atoms with Crippen LogP contribution in [0.4, 0.5) is 0 Å². The second kappa shape index (κ2) is 8.14. The molecule has 2 atom stereocenters. The maximum absolute atomic E-state index is 12.9. The molecule has 1 aliphatic heterocycles. The number of hydrogen-bond donors (Lipinski definition) is 2. The van der Waals surface area contributed by atoms with Gasteiger partial charge in [0.25, 0.3) is 5.91 Å². The van der Waals surface area contributed by atoms with E-state index in [9.17, 15) is 4.79 Å². The number of carbonyl (C=O) groups excluding carboxylic acids is 1. The van der Waals surface area contributed by atoms with E-state index < -0.39 is 0 Å². The Bertz CT molecular complexity index is 832. The van der Waals surface area contributed by atoms with Crippen LogP contribution in [0.2, 0.25) is 0 Å². The molecule has 2 N–H and O–H groups in total. The number of amides is 1. The van der Waals surface area contributed by atoms with E-state index in [1.165, 1.54) is 0 Å². The van der Waals surface area contributed by atoms with Gasteiger partial charge in [-0.2, -0.15) is 5.10 Å². The lowest BCUT2D eigenvalue weighted by atomic mass is 9.99. The first-order chi connectivity index (χ1) is 13.3. The van der Waals surface area contributed by atoms with Gasteiger partial charge in [0.1, 0.15) is 5.69 Å². The van der Waals surface area contributed by atoms with E-state index in [2.05, 4.69) is 20.7 Å². The molecule has 2 unspecified atom stereocenters. The van der Waals surface area contributed by atoms with Crippen LogP contribution in [0, 0.1) is 0 Å². The number of hydrogen-bond acceptors (Lipinski definition) is 4. The molecule has 1 aliphatic rings. The zero-order valence-corrected chi connectivity index (χ0v) is 15.1. The number of nitrogens with zero attached hydrogens (tertiary/aromatic N) is 3. The van der Waals surface area contributed by atoms with Crippen LogP contribution in [0.5, 0.6) is 0 Å².